The van der Waals surface area contributed by atoms with Crippen molar-refractivity contribution in [1.82, 2.24) is 0 Å². The Labute approximate surface area is 148 Å². The molecule has 0 bridgehead atoms. The number of carbonyl (C=O) groups excluding carboxylic acids is 3. The normalized spacial score (nSPS) is 22.9. The molecular weight excluding hydrogens is 337 g/mol. The molecule has 2 aliphatic carbocycles. The maximum absolute atomic E-state index is 14.0. The number of halogens is 1. The largest absolute Gasteiger partial charge is 0.453 e. The van der Waals surface area contributed by atoms with Gasteiger partial charge in [0.15, 0.2) is 17.2 Å². The van der Waals surface area contributed by atoms with E-state index in [1.54, 1.807) is 18.2 Å². The number of esters is 1. The Morgan fingerprint density at radius 1 is 1.27 bits per heavy atom. The Balaban J connectivity index is 2.01. The SMILES string of the molecule is CC(=O)OC12CC(=O)c3cccc(c31)C(=O)C2c1cc(F)cc(C#N)c1. The zero-order valence-corrected chi connectivity index (χ0v) is 13.7. The van der Waals surface area contributed by atoms with E-state index in [-0.39, 0.29) is 29.1 Å². The summed E-state index contributed by atoms with van der Waals surface area (Å²) in [6, 6.07) is 10.2. The summed E-state index contributed by atoms with van der Waals surface area (Å²) >= 11 is 0. The van der Waals surface area contributed by atoms with Gasteiger partial charge in [-0.25, -0.2) is 4.39 Å². The second-order valence-electron chi connectivity index (χ2n) is 6.49. The summed E-state index contributed by atoms with van der Waals surface area (Å²) in [5.41, 5.74) is -0.209. The molecule has 2 atom stereocenters. The van der Waals surface area contributed by atoms with Crippen LogP contribution in [-0.4, -0.2) is 17.5 Å². The lowest BCUT2D eigenvalue weighted by Crippen LogP contribution is -2.35. The molecule has 2 aliphatic rings. The lowest BCUT2D eigenvalue weighted by molar-refractivity contribution is -0.158. The van der Waals surface area contributed by atoms with Crippen molar-refractivity contribution in [3.63, 3.8) is 0 Å². The van der Waals surface area contributed by atoms with Crippen LogP contribution >= 0.6 is 0 Å². The number of carbonyl (C=O) groups is 3. The summed E-state index contributed by atoms with van der Waals surface area (Å²) in [5.74, 6) is -2.98. The number of Topliss-reactive ketones (excluding diaryl/α,β-unsaturated/α-hetero) is 2. The highest BCUT2D eigenvalue weighted by Gasteiger charge is 2.61. The van der Waals surface area contributed by atoms with Gasteiger partial charge in [-0.1, -0.05) is 18.2 Å². The van der Waals surface area contributed by atoms with Gasteiger partial charge in [-0.3, -0.25) is 14.4 Å². The van der Waals surface area contributed by atoms with Crippen LogP contribution in [0.2, 0.25) is 0 Å². The fraction of sp³-hybridized carbons (Fsp3) is 0.200. The third kappa shape index (κ3) is 2.04. The van der Waals surface area contributed by atoms with E-state index in [9.17, 15) is 18.8 Å². The van der Waals surface area contributed by atoms with Crippen molar-refractivity contribution in [2.45, 2.75) is 24.9 Å². The highest BCUT2D eigenvalue weighted by molar-refractivity contribution is 6.15. The minimum absolute atomic E-state index is 0.0475. The molecule has 4 rings (SSSR count). The summed E-state index contributed by atoms with van der Waals surface area (Å²) in [7, 11) is 0. The van der Waals surface area contributed by atoms with Crippen molar-refractivity contribution in [2.75, 3.05) is 0 Å². The molecule has 2 unspecified atom stereocenters. The quantitative estimate of drug-likeness (QED) is 0.778. The van der Waals surface area contributed by atoms with E-state index in [1.807, 2.05) is 6.07 Å². The molecule has 2 aromatic carbocycles. The first-order chi connectivity index (χ1) is 12.4. The van der Waals surface area contributed by atoms with Gasteiger partial charge in [0, 0.05) is 23.6 Å². The standard InChI is InChI=1S/C20H12FNO4/c1-10(23)26-20-8-16(24)14-3-2-4-15(18(14)20)19(25)17(20)12-5-11(9-22)6-13(21)7-12/h2-7,17H,8H2,1H3. The Bertz CT molecular complexity index is 1050. The molecule has 0 aromatic heterocycles. The molecule has 5 nitrogen and oxygen atoms in total. The molecule has 0 saturated carbocycles. The number of ketones is 2. The monoisotopic (exact) mass is 349 g/mol. The van der Waals surface area contributed by atoms with Gasteiger partial charge in [0.2, 0.25) is 0 Å². The molecule has 0 N–H and O–H groups in total. The summed E-state index contributed by atoms with van der Waals surface area (Å²) in [5, 5.41) is 9.11. The maximum Gasteiger partial charge on any atom is 0.303 e. The van der Waals surface area contributed by atoms with E-state index >= 15 is 0 Å². The maximum atomic E-state index is 14.0. The Hall–Kier alpha value is -3.33. The molecule has 2 aromatic rings. The summed E-state index contributed by atoms with van der Waals surface area (Å²) < 4.78 is 19.6. The summed E-state index contributed by atoms with van der Waals surface area (Å²) in [6.07, 6.45) is -0.187. The lowest BCUT2D eigenvalue weighted by atomic mass is 9.81. The Morgan fingerprint density at radius 2 is 2.00 bits per heavy atom. The minimum atomic E-state index is -1.49. The molecule has 0 amide bonds. The first-order valence-electron chi connectivity index (χ1n) is 7.98. The molecule has 0 saturated heterocycles. The number of nitrogens with zero attached hydrogens (tertiary/aromatic N) is 1. The molecule has 0 spiro atoms. The van der Waals surface area contributed by atoms with Crippen LogP contribution in [0.1, 0.15) is 56.7 Å². The molecule has 0 radical (unpaired) electrons. The van der Waals surface area contributed by atoms with Crippen molar-refractivity contribution in [1.29, 1.82) is 5.26 Å². The third-order valence-electron chi connectivity index (χ3n) is 4.91. The van der Waals surface area contributed by atoms with Gasteiger partial charge in [0.25, 0.3) is 0 Å². The second kappa shape index (κ2) is 5.33. The van der Waals surface area contributed by atoms with Crippen LogP contribution in [0.5, 0.6) is 0 Å². The topological polar surface area (TPSA) is 84.2 Å². The van der Waals surface area contributed by atoms with E-state index in [4.69, 9.17) is 10.00 Å². The number of benzene rings is 2. The van der Waals surface area contributed by atoms with Crippen LogP contribution in [0, 0.1) is 17.1 Å². The molecule has 0 heterocycles. The Kier molecular flexibility index (Phi) is 3.31. The summed E-state index contributed by atoms with van der Waals surface area (Å²) in [4.78, 5) is 37.4. The van der Waals surface area contributed by atoms with Crippen molar-refractivity contribution in [2.24, 2.45) is 0 Å². The van der Waals surface area contributed by atoms with Crippen LogP contribution in [0.15, 0.2) is 36.4 Å². The molecule has 6 heteroatoms. The van der Waals surface area contributed by atoms with Gasteiger partial charge in [-0.05, 0) is 23.8 Å². The van der Waals surface area contributed by atoms with Crippen LogP contribution < -0.4 is 0 Å². The molecule has 0 fully saturated rings. The first-order valence-corrected chi connectivity index (χ1v) is 7.98. The second-order valence-corrected chi connectivity index (χ2v) is 6.49. The van der Waals surface area contributed by atoms with Crippen molar-refractivity contribution in [3.8, 4) is 6.07 Å². The average molecular weight is 349 g/mol. The fourth-order valence-corrected chi connectivity index (χ4v) is 4.15. The zero-order chi connectivity index (χ0) is 18.6. The highest BCUT2D eigenvalue weighted by Crippen LogP contribution is 2.57. The number of hydrogen-bond acceptors (Lipinski definition) is 5. The lowest BCUT2D eigenvalue weighted by Gasteiger charge is -2.31. The molecule has 0 aliphatic heterocycles. The predicted octanol–water partition coefficient (Wildman–Crippen LogP) is 3.02. The highest BCUT2D eigenvalue weighted by atomic mass is 19.1. The minimum Gasteiger partial charge on any atom is -0.453 e. The number of rotatable bonds is 2. The van der Waals surface area contributed by atoms with Crippen molar-refractivity contribution < 1.29 is 23.5 Å². The predicted molar refractivity (Wildman–Crippen MR) is 87.0 cm³/mol. The Morgan fingerprint density at radius 3 is 2.69 bits per heavy atom. The van der Waals surface area contributed by atoms with Gasteiger partial charge in [-0.2, -0.15) is 5.26 Å². The third-order valence-corrected chi connectivity index (χ3v) is 4.91. The van der Waals surface area contributed by atoms with Crippen LogP contribution in [0.3, 0.4) is 0 Å². The number of ether oxygens (including phenoxy) is 1. The van der Waals surface area contributed by atoms with Gasteiger partial charge in [0.1, 0.15) is 5.82 Å². The van der Waals surface area contributed by atoms with Crippen molar-refractivity contribution >= 4 is 17.5 Å². The van der Waals surface area contributed by atoms with Crippen molar-refractivity contribution in [3.05, 3.63) is 70.0 Å². The van der Waals surface area contributed by atoms with E-state index in [2.05, 4.69) is 0 Å². The zero-order valence-electron chi connectivity index (χ0n) is 13.7. The van der Waals surface area contributed by atoms with E-state index in [0.717, 1.165) is 12.1 Å². The number of nitriles is 1. The van der Waals surface area contributed by atoms with E-state index in [1.165, 1.54) is 13.0 Å². The van der Waals surface area contributed by atoms with Crippen LogP contribution in [0.25, 0.3) is 0 Å². The molecule has 26 heavy (non-hydrogen) atoms. The van der Waals surface area contributed by atoms with Gasteiger partial charge in [-0.15, -0.1) is 0 Å². The number of hydrogen-bond donors (Lipinski definition) is 0. The average Bonchev–Trinajstić information content (AvgIpc) is 2.99. The van der Waals surface area contributed by atoms with E-state index < -0.39 is 23.3 Å². The van der Waals surface area contributed by atoms with Gasteiger partial charge < -0.3 is 4.74 Å². The van der Waals surface area contributed by atoms with Gasteiger partial charge in [0.05, 0.1) is 24.0 Å². The summed E-state index contributed by atoms with van der Waals surface area (Å²) in [6.45, 7) is 1.20. The van der Waals surface area contributed by atoms with E-state index in [0.29, 0.717) is 16.7 Å². The molecule has 128 valence electrons. The smallest absolute Gasteiger partial charge is 0.303 e. The van der Waals surface area contributed by atoms with Crippen LogP contribution in [0.4, 0.5) is 4.39 Å². The molecular formula is C20H12FNO4. The van der Waals surface area contributed by atoms with Gasteiger partial charge >= 0.3 is 5.97 Å². The fourth-order valence-electron chi connectivity index (χ4n) is 4.15. The van der Waals surface area contributed by atoms with Crippen LogP contribution in [-0.2, 0) is 15.1 Å². The first kappa shape index (κ1) is 16.2.